The summed E-state index contributed by atoms with van der Waals surface area (Å²) in [7, 11) is 0. The third-order valence-electron chi connectivity index (χ3n) is 3.62. The van der Waals surface area contributed by atoms with Crippen LogP contribution in [0.25, 0.3) is 11.0 Å². The predicted octanol–water partition coefficient (Wildman–Crippen LogP) is 4.88. The average molecular weight is 314 g/mol. The van der Waals surface area contributed by atoms with Crippen molar-refractivity contribution in [3.63, 3.8) is 0 Å². The number of anilines is 1. The first kappa shape index (κ1) is 14.7. The quantitative estimate of drug-likeness (QED) is 0.748. The molecule has 1 aromatic heterocycles. The van der Waals surface area contributed by atoms with Crippen LogP contribution in [0.2, 0.25) is 5.02 Å². The molecular weight excluding hydrogens is 298 g/mol. The number of nitrogens with one attached hydrogen (secondary N) is 1. The molecule has 0 fully saturated rings. The Balaban J connectivity index is 1.79. The SMILES string of the molecule is Cc1ccc2occ(CC(=O)Nc3ccc(Cl)cc3C)c2c1. The van der Waals surface area contributed by atoms with Crippen LogP contribution in [0.3, 0.4) is 0 Å². The molecule has 0 aliphatic heterocycles. The minimum Gasteiger partial charge on any atom is -0.464 e. The fraction of sp³-hybridized carbons (Fsp3) is 0.167. The average Bonchev–Trinajstić information content (AvgIpc) is 2.84. The Bertz CT molecular complexity index is 851. The normalized spacial score (nSPS) is 10.9. The smallest absolute Gasteiger partial charge is 0.228 e. The summed E-state index contributed by atoms with van der Waals surface area (Å²) in [6.45, 7) is 3.94. The summed E-state index contributed by atoms with van der Waals surface area (Å²) in [6.07, 6.45) is 1.93. The summed E-state index contributed by atoms with van der Waals surface area (Å²) >= 11 is 5.92. The van der Waals surface area contributed by atoms with E-state index in [1.165, 1.54) is 0 Å². The highest BCUT2D eigenvalue weighted by molar-refractivity contribution is 6.30. The van der Waals surface area contributed by atoms with E-state index in [1.54, 1.807) is 12.3 Å². The molecule has 0 spiro atoms. The van der Waals surface area contributed by atoms with Crippen molar-refractivity contribution in [2.75, 3.05) is 5.32 Å². The Morgan fingerprint density at radius 3 is 2.77 bits per heavy atom. The van der Waals surface area contributed by atoms with Crippen molar-refractivity contribution >= 4 is 34.2 Å². The topological polar surface area (TPSA) is 42.2 Å². The van der Waals surface area contributed by atoms with Gasteiger partial charge in [0, 0.05) is 21.7 Å². The van der Waals surface area contributed by atoms with Crippen molar-refractivity contribution in [2.45, 2.75) is 20.3 Å². The van der Waals surface area contributed by atoms with Gasteiger partial charge in [0.15, 0.2) is 0 Å². The lowest BCUT2D eigenvalue weighted by Gasteiger charge is -2.08. The molecule has 3 rings (SSSR count). The van der Waals surface area contributed by atoms with Gasteiger partial charge in [0.05, 0.1) is 12.7 Å². The first-order chi connectivity index (χ1) is 10.5. The second kappa shape index (κ2) is 5.85. The standard InChI is InChI=1S/C18H16ClNO2/c1-11-3-6-17-15(7-11)13(10-22-17)9-18(21)20-16-5-4-14(19)8-12(16)2/h3-8,10H,9H2,1-2H3,(H,20,21). The zero-order valence-corrected chi connectivity index (χ0v) is 13.2. The highest BCUT2D eigenvalue weighted by Gasteiger charge is 2.11. The van der Waals surface area contributed by atoms with Crippen LogP contribution < -0.4 is 5.32 Å². The van der Waals surface area contributed by atoms with Gasteiger partial charge in [-0.25, -0.2) is 0 Å². The number of fused-ring (bicyclic) bond motifs is 1. The third kappa shape index (κ3) is 3.00. The van der Waals surface area contributed by atoms with Gasteiger partial charge in [0.1, 0.15) is 5.58 Å². The van der Waals surface area contributed by atoms with Gasteiger partial charge in [-0.2, -0.15) is 0 Å². The number of hydrogen-bond acceptors (Lipinski definition) is 2. The number of halogens is 1. The van der Waals surface area contributed by atoms with E-state index in [-0.39, 0.29) is 12.3 Å². The molecule has 1 heterocycles. The maximum atomic E-state index is 12.3. The van der Waals surface area contributed by atoms with Gasteiger partial charge < -0.3 is 9.73 Å². The van der Waals surface area contributed by atoms with Gasteiger partial charge in [-0.1, -0.05) is 23.2 Å². The zero-order chi connectivity index (χ0) is 15.7. The fourth-order valence-corrected chi connectivity index (χ4v) is 2.69. The van der Waals surface area contributed by atoms with Crippen molar-refractivity contribution in [2.24, 2.45) is 0 Å². The Hall–Kier alpha value is -2.26. The highest BCUT2D eigenvalue weighted by Crippen LogP contribution is 2.24. The second-order valence-electron chi connectivity index (χ2n) is 5.44. The molecule has 0 unspecified atom stereocenters. The summed E-state index contributed by atoms with van der Waals surface area (Å²) in [4.78, 5) is 12.3. The molecule has 1 amide bonds. The predicted molar refractivity (Wildman–Crippen MR) is 89.5 cm³/mol. The Morgan fingerprint density at radius 2 is 2.00 bits per heavy atom. The van der Waals surface area contributed by atoms with Crippen LogP contribution in [0.15, 0.2) is 47.1 Å². The first-order valence-corrected chi connectivity index (χ1v) is 7.43. The summed E-state index contributed by atoms with van der Waals surface area (Å²) in [5, 5.41) is 4.56. The van der Waals surface area contributed by atoms with Crippen LogP contribution >= 0.6 is 11.6 Å². The molecule has 0 aliphatic carbocycles. The van der Waals surface area contributed by atoms with Crippen LogP contribution in [0, 0.1) is 13.8 Å². The minimum absolute atomic E-state index is 0.0744. The lowest BCUT2D eigenvalue weighted by Crippen LogP contribution is -2.14. The molecule has 4 heteroatoms. The maximum absolute atomic E-state index is 12.3. The molecule has 0 saturated heterocycles. The molecule has 3 aromatic rings. The molecule has 22 heavy (non-hydrogen) atoms. The van der Waals surface area contributed by atoms with Crippen molar-refractivity contribution < 1.29 is 9.21 Å². The maximum Gasteiger partial charge on any atom is 0.228 e. The molecule has 0 atom stereocenters. The summed E-state index contributed by atoms with van der Waals surface area (Å²) < 4.78 is 5.50. The molecular formula is C18H16ClNO2. The molecule has 1 N–H and O–H groups in total. The molecule has 0 aliphatic rings. The van der Waals surface area contributed by atoms with Crippen LogP contribution in [0.1, 0.15) is 16.7 Å². The van der Waals surface area contributed by atoms with Crippen LogP contribution in [0.4, 0.5) is 5.69 Å². The number of amides is 1. The summed E-state index contributed by atoms with van der Waals surface area (Å²) in [5.41, 5.74) is 4.55. The van der Waals surface area contributed by atoms with E-state index in [0.29, 0.717) is 5.02 Å². The number of furan rings is 1. The Kier molecular flexibility index (Phi) is 3.90. The van der Waals surface area contributed by atoms with Gasteiger partial charge in [0.25, 0.3) is 0 Å². The van der Waals surface area contributed by atoms with E-state index in [9.17, 15) is 4.79 Å². The number of rotatable bonds is 3. The van der Waals surface area contributed by atoms with Gasteiger partial charge in [-0.3, -0.25) is 4.79 Å². The third-order valence-corrected chi connectivity index (χ3v) is 3.86. The Morgan fingerprint density at radius 1 is 1.18 bits per heavy atom. The van der Waals surface area contributed by atoms with E-state index in [1.807, 2.05) is 44.2 Å². The van der Waals surface area contributed by atoms with Crippen LogP contribution in [0.5, 0.6) is 0 Å². The van der Waals surface area contributed by atoms with Crippen molar-refractivity contribution in [3.8, 4) is 0 Å². The highest BCUT2D eigenvalue weighted by atomic mass is 35.5. The number of hydrogen-bond donors (Lipinski definition) is 1. The molecule has 0 radical (unpaired) electrons. The molecule has 3 nitrogen and oxygen atoms in total. The van der Waals surface area contributed by atoms with Crippen LogP contribution in [-0.2, 0) is 11.2 Å². The number of carbonyl (C=O) groups is 1. The van der Waals surface area contributed by atoms with E-state index in [4.69, 9.17) is 16.0 Å². The molecule has 0 saturated carbocycles. The first-order valence-electron chi connectivity index (χ1n) is 7.05. The lowest BCUT2D eigenvalue weighted by molar-refractivity contribution is -0.115. The van der Waals surface area contributed by atoms with Crippen LogP contribution in [-0.4, -0.2) is 5.91 Å². The van der Waals surface area contributed by atoms with E-state index >= 15 is 0 Å². The van der Waals surface area contributed by atoms with E-state index in [2.05, 4.69) is 5.32 Å². The van der Waals surface area contributed by atoms with Gasteiger partial charge in [-0.15, -0.1) is 0 Å². The zero-order valence-electron chi connectivity index (χ0n) is 12.4. The summed E-state index contributed by atoms with van der Waals surface area (Å²) in [6, 6.07) is 11.4. The molecule has 0 bridgehead atoms. The molecule has 112 valence electrons. The molecule has 2 aromatic carbocycles. The van der Waals surface area contributed by atoms with E-state index in [0.717, 1.165) is 33.3 Å². The van der Waals surface area contributed by atoms with Gasteiger partial charge >= 0.3 is 0 Å². The fourth-order valence-electron chi connectivity index (χ4n) is 2.47. The number of carbonyl (C=O) groups excluding carboxylic acids is 1. The Labute approximate surface area is 133 Å². The monoisotopic (exact) mass is 313 g/mol. The minimum atomic E-state index is -0.0744. The van der Waals surface area contributed by atoms with Crippen molar-refractivity contribution in [1.82, 2.24) is 0 Å². The summed E-state index contributed by atoms with van der Waals surface area (Å²) in [5.74, 6) is -0.0744. The largest absolute Gasteiger partial charge is 0.464 e. The second-order valence-corrected chi connectivity index (χ2v) is 5.88. The van der Waals surface area contributed by atoms with Crippen molar-refractivity contribution in [1.29, 1.82) is 0 Å². The number of benzene rings is 2. The van der Waals surface area contributed by atoms with Gasteiger partial charge in [0.2, 0.25) is 5.91 Å². The number of aryl methyl sites for hydroxylation is 2. The van der Waals surface area contributed by atoms with Gasteiger partial charge in [-0.05, 0) is 49.7 Å². The van der Waals surface area contributed by atoms with Crippen molar-refractivity contribution in [3.05, 3.63) is 64.4 Å². The van der Waals surface area contributed by atoms with E-state index < -0.39 is 0 Å². The lowest BCUT2D eigenvalue weighted by atomic mass is 10.1.